The van der Waals surface area contributed by atoms with E-state index in [9.17, 15) is 9.59 Å². The Hall–Kier alpha value is -2.14. The van der Waals surface area contributed by atoms with Crippen molar-refractivity contribution in [1.82, 2.24) is 4.90 Å². The van der Waals surface area contributed by atoms with E-state index in [0.29, 0.717) is 23.4 Å². The molecule has 126 valence electrons. The third-order valence-electron chi connectivity index (χ3n) is 3.82. The Labute approximate surface area is 150 Å². The van der Waals surface area contributed by atoms with Crippen LogP contribution in [-0.4, -0.2) is 30.7 Å². The Bertz CT molecular complexity index is 758. The molecule has 0 bridgehead atoms. The molecule has 5 heteroatoms. The number of amides is 1. The van der Waals surface area contributed by atoms with Crippen molar-refractivity contribution in [3.63, 3.8) is 0 Å². The third kappa shape index (κ3) is 4.45. The van der Waals surface area contributed by atoms with Gasteiger partial charge in [-0.25, -0.2) is 0 Å². The maximum absolute atomic E-state index is 12.5. The average molecular weight is 390 g/mol. The van der Waals surface area contributed by atoms with Crippen molar-refractivity contribution in [2.75, 3.05) is 14.2 Å². The van der Waals surface area contributed by atoms with Crippen molar-refractivity contribution < 1.29 is 14.3 Å². The van der Waals surface area contributed by atoms with Gasteiger partial charge in [-0.3, -0.25) is 9.59 Å². The smallest absolute Gasteiger partial charge is 0.227 e. The number of ether oxygens (including phenoxy) is 1. The summed E-state index contributed by atoms with van der Waals surface area (Å²) in [5.74, 6) is 0.542. The van der Waals surface area contributed by atoms with Crippen molar-refractivity contribution in [1.29, 1.82) is 0 Å². The van der Waals surface area contributed by atoms with E-state index in [4.69, 9.17) is 4.74 Å². The Morgan fingerprint density at radius 3 is 2.46 bits per heavy atom. The summed E-state index contributed by atoms with van der Waals surface area (Å²) in [6.45, 7) is 2.02. The van der Waals surface area contributed by atoms with Gasteiger partial charge in [0.05, 0.1) is 13.5 Å². The molecule has 4 nitrogen and oxygen atoms in total. The van der Waals surface area contributed by atoms with Gasteiger partial charge >= 0.3 is 0 Å². The predicted octanol–water partition coefficient (Wildman–Crippen LogP) is 3.86. The molecule has 0 heterocycles. The van der Waals surface area contributed by atoms with E-state index in [1.165, 1.54) is 6.92 Å². The quantitative estimate of drug-likeness (QED) is 0.704. The zero-order valence-electron chi connectivity index (χ0n) is 14.0. The van der Waals surface area contributed by atoms with Crippen LogP contribution in [0.15, 0.2) is 46.9 Å². The first kappa shape index (κ1) is 18.2. The highest BCUT2D eigenvalue weighted by Crippen LogP contribution is 2.22. The van der Waals surface area contributed by atoms with Crippen LogP contribution in [0.1, 0.15) is 28.4 Å². The van der Waals surface area contributed by atoms with Gasteiger partial charge in [0, 0.05) is 29.2 Å². The second kappa shape index (κ2) is 8.11. The number of benzene rings is 2. The molecule has 2 aromatic carbocycles. The number of halogens is 1. The molecule has 0 unspecified atom stereocenters. The number of ketones is 1. The second-order valence-electron chi connectivity index (χ2n) is 5.60. The lowest BCUT2D eigenvalue weighted by Crippen LogP contribution is -2.28. The number of Topliss-reactive ketones (excluding diaryl/α,β-unsaturated/α-hetero) is 1. The summed E-state index contributed by atoms with van der Waals surface area (Å²) in [6.07, 6.45) is 0.186. The molecule has 0 N–H and O–H groups in total. The molecule has 0 saturated heterocycles. The molecule has 0 aliphatic heterocycles. The molecule has 0 aliphatic rings. The molecule has 0 fully saturated rings. The molecule has 24 heavy (non-hydrogen) atoms. The average Bonchev–Trinajstić information content (AvgIpc) is 2.56. The van der Waals surface area contributed by atoms with Crippen molar-refractivity contribution >= 4 is 27.6 Å². The number of rotatable bonds is 6. The summed E-state index contributed by atoms with van der Waals surface area (Å²) < 4.78 is 6.28. The number of likely N-dealkylation sites (N-methyl/N-ethyl adjacent to an activating group) is 1. The van der Waals surface area contributed by atoms with Crippen LogP contribution in [0.5, 0.6) is 5.75 Å². The zero-order valence-corrected chi connectivity index (χ0v) is 15.6. The van der Waals surface area contributed by atoms with E-state index >= 15 is 0 Å². The van der Waals surface area contributed by atoms with Crippen molar-refractivity contribution in [2.45, 2.75) is 19.9 Å². The van der Waals surface area contributed by atoms with Gasteiger partial charge in [-0.15, -0.1) is 0 Å². The molecule has 0 aliphatic carbocycles. The Morgan fingerprint density at radius 1 is 1.12 bits per heavy atom. The molecule has 0 saturated carbocycles. The lowest BCUT2D eigenvalue weighted by molar-refractivity contribution is -0.129. The van der Waals surface area contributed by atoms with Crippen LogP contribution in [0.3, 0.4) is 0 Å². The highest BCUT2D eigenvalue weighted by Gasteiger charge is 2.15. The zero-order chi connectivity index (χ0) is 17.7. The van der Waals surface area contributed by atoms with E-state index in [2.05, 4.69) is 15.9 Å². The van der Waals surface area contributed by atoms with Gasteiger partial charge in [0.1, 0.15) is 5.75 Å². The Morgan fingerprint density at radius 2 is 1.83 bits per heavy atom. The first-order valence-corrected chi connectivity index (χ1v) is 8.37. The molecule has 2 rings (SSSR count). The van der Waals surface area contributed by atoms with E-state index in [1.54, 1.807) is 37.3 Å². The fraction of sp³-hybridized carbons (Fsp3) is 0.263. The fourth-order valence-corrected chi connectivity index (χ4v) is 2.81. The van der Waals surface area contributed by atoms with Crippen LogP contribution in [0, 0.1) is 0 Å². The summed E-state index contributed by atoms with van der Waals surface area (Å²) in [7, 11) is 3.32. The summed E-state index contributed by atoms with van der Waals surface area (Å²) >= 11 is 3.49. The standard InChI is InChI=1S/C19H20BrNO3/c1-13(22)14-8-9-18(24-3)16(10-14)11-19(23)21(2)12-15-6-4-5-7-17(15)20/h4-10H,11-12H2,1-3H3. The number of carbonyl (C=O) groups is 2. The highest BCUT2D eigenvalue weighted by atomic mass is 79.9. The van der Waals surface area contributed by atoms with E-state index in [-0.39, 0.29) is 18.1 Å². The molecule has 2 aromatic rings. The maximum Gasteiger partial charge on any atom is 0.227 e. The molecular formula is C19H20BrNO3. The topological polar surface area (TPSA) is 46.6 Å². The van der Waals surface area contributed by atoms with Gasteiger partial charge in [-0.05, 0) is 36.8 Å². The number of nitrogens with zero attached hydrogens (tertiary/aromatic N) is 1. The fourth-order valence-electron chi connectivity index (χ4n) is 2.40. The van der Waals surface area contributed by atoms with Gasteiger partial charge < -0.3 is 9.64 Å². The minimum atomic E-state index is -0.0373. The Kier molecular flexibility index (Phi) is 6.15. The van der Waals surface area contributed by atoms with Crippen molar-refractivity contribution in [3.8, 4) is 5.75 Å². The van der Waals surface area contributed by atoms with Gasteiger partial charge in [0.2, 0.25) is 5.91 Å². The van der Waals surface area contributed by atoms with E-state index in [0.717, 1.165) is 10.0 Å². The molecule has 0 spiro atoms. The SMILES string of the molecule is COc1ccc(C(C)=O)cc1CC(=O)N(C)Cc1ccccc1Br. The summed E-state index contributed by atoms with van der Waals surface area (Å²) in [4.78, 5) is 25.8. The van der Waals surface area contributed by atoms with Gasteiger partial charge in [0.25, 0.3) is 0 Å². The first-order chi connectivity index (χ1) is 11.4. The molecule has 0 aromatic heterocycles. The monoisotopic (exact) mass is 389 g/mol. The minimum Gasteiger partial charge on any atom is -0.496 e. The molecule has 0 atom stereocenters. The van der Waals surface area contributed by atoms with Crippen LogP contribution >= 0.6 is 15.9 Å². The lowest BCUT2D eigenvalue weighted by atomic mass is 10.0. The van der Waals surface area contributed by atoms with Gasteiger partial charge in [-0.1, -0.05) is 34.1 Å². The molecule has 0 radical (unpaired) electrons. The predicted molar refractivity (Wildman–Crippen MR) is 97.3 cm³/mol. The van der Waals surface area contributed by atoms with Crippen molar-refractivity contribution in [3.05, 3.63) is 63.6 Å². The number of carbonyl (C=O) groups excluding carboxylic acids is 2. The van der Waals surface area contributed by atoms with E-state index in [1.807, 2.05) is 24.3 Å². The lowest BCUT2D eigenvalue weighted by Gasteiger charge is -2.19. The van der Waals surface area contributed by atoms with Crippen LogP contribution in [0.2, 0.25) is 0 Å². The van der Waals surface area contributed by atoms with Crippen molar-refractivity contribution in [2.24, 2.45) is 0 Å². The Balaban J connectivity index is 2.15. The highest BCUT2D eigenvalue weighted by molar-refractivity contribution is 9.10. The first-order valence-electron chi connectivity index (χ1n) is 7.57. The van der Waals surface area contributed by atoms with Crippen LogP contribution in [-0.2, 0) is 17.8 Å². The minimum absolute atomic E-state index is 0.0343. The molecular weight excluding hydrogens is 370 g/mol. The number of methoxy groups -OCH3 is 1. The normalized spacial score (nSPS) is 10.3. The van der Waals surface area contributed by atoms with Gasteiger partial charge in [-0.2, -0.15) is 0 Å². The van der Waals surface area contributed by atoms with Crippen LogP contribution in [0.25, 0.3) is 0 Å². The summed E-state index contributed by atoms with van der Waals surface area (Å²) in [5.41, 5.74) is 2.33. The second-order valence-corrected chi connectivity index (χ2v) is 6.46. The van der Waals surface area contributed by atoms with E-state index < -0.39 is 0 Å². The summed E-state index contributed by atoms with van der Waals surface area (Å²) in [6, 6.07) is 13.0. The maximum atomic E-state index is 12.5. The number of hydrogen-bond acceptors (Lipinski definition) is 3. The van der Waals surface area contributed by atoms with Crippen LogP contribution < -0.4 is 4.74 Å². The van der Waals surface area contributed by atoms with Gasteiger partial charge in [0.15, 0.2) is 5.78 Å². The largest absolute Gasteiger partial charge is 0.496 e. The number of hydrogen-bond donors (Lipinski definition) is 0. The molecule has 1 amide bonds. The third-order valence-corrected chi connectivity index (χ3v) is 4.59. The van der Waals surface area contributed by atoms with Crippen LogP contribution in [0.4, 0.5) is 0 Å². The summed E-state index contributed by atoms with van der Waals surface area (Å²) in [5, 5.41) is 0.